The Hall–Kier alpha value is -1.80. The summed E-state index contributed by atoms with van der Waals surface area (Å²) < 4.78 is 11.4. The molecule has 2 heteroatoms. The van der Waals surface area contributed by atoms with Crippen molar-refractivity contribution in [3.05, 3.63) is 65.2 Å². The van der Waals surface area contributed by atoms with Gasteiger partial charge in [-0.2, -0.15) is 0 Å². The van der Waals surface area contributed by atoms with Gasteiger partial charge in [-0.05, 0) is 55.0 Å². The van der Waals surface area contributed by atoms with Crippen molar-refractivity contribution in [3.63, 3.8) is 0 Å². The lowest BCUT2D eigenvalue weighted by molar-refractivity contribution is 0.306. The Morgan fingerprint density at radius 1 is 1.14 bits per heavy atom. The molecule has 22 heavy (non-hydrogen) atoms. The minimum atomic E-state index is 0.441. The molecule has 116 valence electrons. The Labute approximate surface area is 133 Å². The molecule has 1 aliphatic rings. The number of aryl methyl sites for hydroxylation is 1. The second kappa shape index (κ2) is 6.53. The third kappa shape index (κ3) is 3.69. The number of hydrogen-bond acceptors (Lipinski definition) is 2. The average molecular weight is 296 g/mol. The van der Waals surface area contributed by atoms with Crippen molar-refractivity contribution in [1.29, 1.82) is 0 Å². The molecule has 2 nitrogen and oxygen atoms in total. The maximum absolute atomic E-state index is 5.89. The van der Waals surface area contributed by atoms with Crippen LogP contribution in [0.15, 0.2) is 48.5 Å². The Kier molecular flexibility index (Phi) is 4.49. The van der Waals surface area contributed by atoms with E-state index in [2.05, 4.69) is 51.1 Å². The number of benzene rings is 2. The molecule has 2 aromatic carbocycles. The summed E-state index contributed by atoms with van der Waals surface area (Å²) in [6.07, 6.45) is 1.99. The lowest BCUT2D eigenvalue weighted by atomic mass is 9.92. The van der Waals surface area contributed by atoms with Gasteiger partial charge in [-0.1, -0.05) is 43.3 Å². The summed E-state index contributed by atoms with van der Waals surface area (Å²) in [5.74, 6) is 1.46. The molecule has 0 bridgehead atoms. The van der Waals surface area contributed by atoms with E-state index in [4.69, 9.17) is 9.47 Å². The zero-order chi connectivity index (χ0) is 15.5. The van der Waals surface area contributed by atoms with Crippen molar-refractivity contribution in [3.8, 4) is 5.75 Å². The van der Waals surface area contributed by atoms with Gasteiger partial charge in [0.1, 0.15) is 12.4 Å². The Morgan fingerprint density at radius 2 is 1.86 bits per heavy atom. The van der Waals surface area contributed by atoms with Crippen LogP contribution in [-0.2, 0) is 11.3 Å². The first-order valence-corrected chi connectivity index (χ1v) is 8.06. The Morgan fingerprint density at radius 3 is 2.50 bits per heavy atom. The molecule has 0 radical (unpaired) electrons. The van der Waals surface area contributed by atoms with E-state index in [1.54, 1.807) is 0 Å². The zero-order valence-corrected chi connectivity index (χ0v) is 13.6. The second-order valence-electron chi connectivity index (χ2n) is 6.31. The maximum atomic E-state index is 5.89. The van der Waals surface area contributed by atoms with Crippen LogP contribution < -0.4 is 4.74 Å². The lowest BCUT2D eigenvalue weighted by Crippen LogP contribution is -2.03. The molecule has 3 rings (SSSR count). The van der Waals surface area contributed by atoms with E-state index in [0.29, 0.717) is 24.7 Å². The molecule has 1 heterocycles. The first-order chi connectivity index (χ1) is 10.6. The molecule has 3 atom stereocenters. The second-order valence-corrected chi connectivity index (χ2v) is 6.31. The van der Waals surface area contributed by atoms with Crippen molar-refractivity contribution in [2.75, 3.05) is 0 Å². The van der Waals surface area contributed by atoms with Crippen LogP contribution in [0.4, 0.5) is 0 Å². The molecule has 3 unspecified atom stereocenters. The van der Waals surface area contributed by atoms with Crippen molar-refractivity contribution < 1.29 is 9.47 Å². The van der Waals surface area contributed by atoms with E-state index >= 15 is 0 Å². The first-order valence-electron chi connectivity index (χ1n) is 8.06. The van der Waals surface area contributed by atoms with Crippen molar-refractivity contribution >= 4 is 0 Å². The zero-order valence-electron chi connectivity index (χ0n) is 13.6. The van der Waals surface area contributed by atoms with Crippen LogP contribution in [0.5, 0.6) is 5.75 Å². The maximum Gasteiger partial charge on any atom is 0.120 e. The molecule has 0 amide bonds. The molecule has 0 saturated carbocycles. The molecule has 0 spiro atoms. The van der Waals surface area contributed by atoms with E-state index in [1.165, 1.54) is 16.7 Å². The molecule has 2 aromatic rings. The summed E-state index contributed by atoms with van der Waals surface area (Å²) in [5, 5.41) is 0. The largest absolute Gasteiger partial charge is 0.489 e. The molecule has 0 N–H and O–H groups in total. The lowest BCUT2D eigenvalue weighted by Gasteiger charge is -2.15. The van der Waals surface area contributed by atoms with Crippen LogP contribution in [0, 0.1) is 6.92 Å². The van der Waals surface area contributed by atoms with Gasteiger partial charge in [-0.3, -0.25) is 0 Å². The molecule has 1 fully saturated rings. The summed E-state index contributed by atoms with van der Waals surface area (Å²) in [7, 11) is 0. The fourth-order valence-electron chi connectivity index (χ4n) is 2.98. The molecule has 0 aliphatic carbocycles. The van der Waals surface area contributed by atoms with Gasteiger partial charge in [0.05, 0.1) is 12.2 Å². The van der Waals surface area contributed by atoms with Gasteiger partial charge in [0.2, 0.25) is 0 Å². The highest BCUT2D eigenvalue weighted by molar-refractivity contribution is 5.37. The topological polar surface area (TPSA) is 21.8 Å². The molecule has 1 saturated heterocycles. The molecule has 0 aromatic heterocycles. The first kappa shape index (κ1) is 15.1. The average Bonchev–Trinajstić information content (AvgIpc) is 3.21. The smallest absolute Gasteiger partial charge is 0.120 e. The van der Waals surface area contributed by atoms with Crippen LogP contribution in [0.3, 0.4) is 0 Å². The number of hydrogen-bond donors (Lipinski definition) is 0. The summed E-state index contributed by atoms with van der Waals surface area (Å²) in [4.78, 5) is 0. The minimum Gasteiger partial charge on any atom is -0.489 e. The van der Waals surface area contributed by atoms with Gasteiger partial charge in [-0.25, -0.2) is 0 Å². The summed E-state index contributed by atoms with van der Waals surface area (Å²) in [6.45, 7) is 7.20. The van der Waals surface area contributed by atoms with E-state index in [-0.39, 0.29) is 0 Å². The summed E-state index contributed by atoms with van der Waals surface area (Å²) in [5.41, 5.74) is 3.89. The molecule has 1 aliphatic heterocycles. The fraction of sp³-hybridized carbons (Fsp3) is 0.400. The fourth-order valence-corrected chi connectivity index (χ4v) is 2.98. The van der Waals surface area contributed by atoms with E-state index in [9.17, 15) is 0 Å². The minimum absolute atomic E-state index is 0.441. The highest BCUT2D eigenvalue weighted by Gasteiger charge is 2.35. The summed E-state index contributed by atoms with van der Waals surface area (Å²) >= 11 is 0. The van der Waals surface area contributed by atoms with Gasteiger partial charge in [0.25, 0.3) is 0 Å². The summed E-state index contributed by atoms with van der Waals surface area (Å²) in [6, 6.07) is 16.7. The van der Waals surface area contributed by atoms with E-state index in [0.717, 1.165) is 12.2 Å². The van der Waals surface area contributed by atoms with Gasteiger partial charge in [0.15, 0.2) is 0 Å². The van der Waals surface area contributed by atoms with Crippen LogP contribution in [0.25, 0.3) is 0 Å². The van der Waals surface area contributed by atoms with Crippen molar-refractivity contribution in [2.24, 2.45) is 0 Å². The van der Waals surface area contributed by atoms with Crippen LogP contribution in [0.2, 0.25) is 0 Å². The molecular formula is C20H24O2. The predicted octanol–water partition coefficient (Wildman–Crippen LogP) is 4.85. The Balaban J connectivity index is 1.61. The molecular weight excluding hydrogens is 272 g/mol. The Bertz CT molecular complexity index is 621. The standard InChI is InChI=1S/C20H24O2/c1-14-11-18(21-13-17-7-5-4-6-8-17)9-10-19(14)15(2)12-20-16(3)22-20/h4-11,15-16,20H,12-13H2,1-3H3. The SMILES string of the molecule is Cc1cc(OCc2ccccc2)ccc1C(C)CC1OC1C. The monoisotopic (exact) mass is 296 g/mol. The number of rotatable bonds is 6. The number of ether oxygens (including phenoxy) is 2. The third-order valence-electron chi connectivity index (χ3n) is 4.44. The van der Waals surface area contributed by atoms with Gasteiger partial charge >= 0.3 is 0 Å². The van der Waals surface area contributed by atoms with Crippen molar-refractivity contribution in [2.45, 2.75) is 51.9 Å². The van der Waals surface area contributed by atoms with Crippen LogP contribution >= 0.6 is 0 Å². The van der Waals surface area contributed by atoms with Crippen molar-refractivity contribution in [1.82, 2.24) is 0 Å². The normalized spacial score (nSPS) is 21.4. The van der Waals surface area contributed by atoms with E-state index in [1.807, 2.05) is 18.2 Å². The highest BCUT2D eigenvalue weighted by Crippen LogP contribution is 2.34. The third-order valence-corrected chi connectivity index (χ3v) is 4.44. The van der Waals surface area contributed by atoms with Gasteiger partial charge in [0, 0.05) is 0 Å². The van der Waals surface area contributed by atoms with Gasteiger partial charge < -0.3 is 9.47 Å². The van der Waals surface area contributed by atoms with Crippen LogP contribution in [0.1, 0.15) is 42.9 Å². The van der Waals surface area contributed by atoms with Crippen LogP contribution in [-0.4, -0.2) is 12.2 Å². The highest BCUT2D eigenvalue weighted by atomic mass is 16.6. The quantitative estimate of drug-likeness (QED) is 0.710. The number of epoxide rings is 1. The predicted molar refractivity (Wildman–Crippen MR) is 89.3 cm³/mol. The van der Waals surface area contributed by atoms with E-state index < -0.39 is 0 Å². The van der Waals surface area contributed by atoms with Gasteiger partial charge in [-0.15, -0.1) is 0 Å².